The van der Waals surface area contributed by atoms with Gasteiger partial charge in [0.1, 0.15) is 10.8 Å². The zero-order chi connectivity index (χ0) is 16.5. The summed E-state index contributed by atoms with van der Waals surface area (Å²) >= 11 is 1.41. The van der Waals surface area contributed by atoms with Crippen molar-refractivity contribution < 1.29 is 14.1 Å². The van der Waals surface area contributed by atoms with Crippen LogP contribution in [0.15, 0.2) is 40.2 Å². The molecule has 0 saturated heterocycles. The van der Waals surface area contributed by atoms with Gasteiger partial charge in [-0.15, -0.1) is 11.3 Å². The zero-order valence-corrected chi connectivity index (χ0v) is 13.8. The van der Waals surface area contributed by atoms with Crippen LogP contribution in [-0.4, -0.2) is 23.2 Å². The molecular formula is C17H15N3O3S. The van der Waals surface area contributed by atoms with Crippen LogP contribution in [0.5, 0.6) is 5.75 Å². The van der Waals surface area contributed by atoms with Gasteiger partial charge in [-0.2, -0.15) is 4.98 Å². The highest BCUT2D eigenvalue weighted by Gasteiger charge is 2.29. The average molecular weight is 341 g/mol. The topological polar surface area (TPSA) is 77.2 Å². The molecule has 0 bridgehead atoms. The Labute approximate surface area is 142 Å². The van der Waals surface area contributed by atoms with E-state index in [1.54, 1.807) is 25.3 Å². The number of para-hydroxylation sites is 1. The number of carbonyl (C=O) groups excluding carboxylic acids is 1. The summed E-state index contributed by atoms with van der Waals surface area (Å²) in [6.07, 6.45) is 2.22. The number of nitrogens with one attached hydrogen (secondary N) is 1. The largest absolute Gasteiger partial charge is 0.496 e. The number of methoxy groups -OCH3 is 1. The number of amides is 1. The molecule has 1 N–H and O–H groups in total. The summed E-state index contributed by atoms with van der Waals surface area (Å²) < 4.78 is 10.6. The molecule has 24 heavy (non-hydrogen) atoms. The third-order valence-electron chi connectivity index (χ3n) is 3.86. The molecular weight excluding hydrogens is 326 g/mol. The maximum atomic E-state index is 12.5. The maximum absolute atomic E-state index is 12.5. The summed E-state index contributed by atoms with van der Waals surface area (Å²) in [6.45, 7) is 0. The summed E-state index contributed by atoms with van der Waals surface area (Å²) in [5.74, 6) is 1.90. The summed E-state index contributed by atoms with van der Waals surface area (Å²) in [5.41, 5.74) is 1.21. The fourth-order valence-corrected chi connectivity index (χ4v) is 3.20. The Morgan fingerprint density at radius 3 is 2.96 bits per heavy atom. The third-order valence-corrected chi connectivity index (χ3v) is 4.69. The molecule has 0 radical (unpaired) electrons. The normalized spacial score (nSPS) is 13.7. The highest BCUT2D eigenvalue weighted by Crippen LogP contribution is 2.40. The first-order valence-corrected chi connectivity index (χ1v) is 8.50. The van der Waals surface area contributed by atoms with Gasteiger partial charge in [0.05, 0.1) is 18.2 Å². The van der Waals surface area contributed by atoms with Crippen LogP contribution >= 0.6 is 11.3 Å². The lowest BCUT2D eigenvalue weighted by atomic mass is 10.2. The molecule has 2 heterocycles. The van der Waals surface area contributed by atoms with Crippen molar-refractivity contribution in [2.75, 3.05) is 12.4 Å². The zero-order valence-electron chi connectivity index (χ0n) is 13.0. The Bertz CT molecular complexity index is 883. The number of hydrogen-bond donors (Lipinski definition) is 1. The maximum Gasteiger partial charge on any atom is 0.260 e. The van der Waals surface area contributed by atoms with Crippen LogP contribution in [0.3, 0.4) is 0 Å². The standard InChI is InChI=1S/C17H15N3O3S/c1-22-13-5-3-2-4-11(13)15(21)19-17-12(8-9-24-17)16-18-14(20-23-16)10-6-7-10/h2-5,8-10H,6-7H2,1H3,(H,19,21). The number of rotatable bonds is 5. The molecule has 1 fully saturated rings. The minimum Gasteiger partial charge on any atom is -0.496 e. The van der Waals surface area contributed by atoms with E-state index in [0.29, 0.717) is 28.1 Å². The van der Waals surface area contributed by atoms with Crippen molar-refractivity contribution in [2.24, 2.45) is 0 Å². The van der Waals surface area contributed by atoms with E-state index in [1.165, 1.54) is 11.3 Å². The van der Waals surface area contributed by atoms with Crippen LogP contribution in [0.1, 0.15) is 34.9 Å². The summed E-state index contributed by atoms with van der Waals surface area (Å²) in [7, 11) is 1.54. The van der Waals surface area contributed by atoms with Crippen molar-refractivity contribution in [3.8, 4) is 17.2 Å². The van der Waals surface area contributed by atoms with Crippen LogP contribution in [0.4, 0.5) is 5.00 Å². The van der Waals surface area contributed by atoms with Gasteiger partial charge in [0, 0.05) is 5.92 Å². The molecule has 1 saturated carbocycles. The molecule has 0 aliphatic heterocycles. The summed E-state index contributed by atoms with van der Waals surface area (Å²) in [5, 5.41) is 9.49. The van der Waals surface area contributed by atoms with Gasteiger partial charge in [-0.05, 0) is 36.4 Å². The van der Waals surface area contributed by atoms with Crippen LogP contribution in [-0.2, 0) is 0 Å². The molecule has 1 aliphatic rings. The van der Waals surface area contributed by atoms with Crippen molar-refractivity contribution in [1.82, 2.24) is 10.1 Å². The molecule has 1 aromatic carbocycles. The SMILES string of the molecule is COc1ccccc1C(=O)Nc1sccc1-c1nc(C2CC2)no1. The summed E-state index contributed by atoms with van der Waals surface area (Å²) in [4.78, 5) is 17.0. The van der Waals surface area contributed by atoms with E-state index < -0.39 is 0 Å². The Kier molecular flexibility index (Phi) is 3.78. The predicted molar refractivity (Wildman–Crippen MR) is 90.5 cm³/mol. The Balaban J connectivity index is 1.59. The molecule has 6 nitrogen and oxygen atoms in total. The van der Waals surface area contributed by atoms with Crippen LogP contribution in [0.2, 0.25) is 0 Å². The molecule has 1 aliphatic carbocycles. The smallest absolute Gasteiger partial charge is 0.260 e. The van der Waals surface area contributed by atoms with E-state index in [2.05, 4.69) is 15.5 Å². The monoisotopic (exact) mass is 341 g/mol. The molecule has 0 unspecified atom stereocenters. The molecule has 4 rings (SSSR count). The lowest BCUT2D eigenvalue weighted by Gasteiger charge is -2.08. The second kappa shape index (κ2) is 6.09. The quantitative estimate of drug-likeness (QED) is 0.760. The summed E-state index contributed by atoms with van der Waals surface area (Å²) in [6, 6.07) is 8.97. The molecule has 0 atom stereocenters. The first-order chi connectivity index (χ1) is 11.8. The fraction of sp³-hybridized carbons (Fsp3) is 0.235. The number of nitrogens with zero attached hydrogens (tertiary/aromatic N) is 2. The fourth-order valence-electron chi connectivity index (χ4n) is 2.43. The first-order valence-electron chi connectivity index (χ1n) is 7.62. The molecule has 3 aromatic rings. The van der Waals surface area contributed by atoms with Crippen molar-refractivity contribution in [1.29, 1.82) is 0 Å². The predicted octanol–water partition coefficient (Wildman–Crippen LogP) is 3.94. The lowest BCUT2D eigenvalue weighted by molar-refractivity contribution is 0.102. The molecule has 2 aromatic heterocycles. The van der Waals surface area contributed by atoms with Gasteiger partial charge in [-0.25, -0.2) is 0 Å². The van der Waals surface area contributed by atoms with E-state index in [4.69, 9.17) is 9.26 Å². The van der Waals surface area contributed by atoms with Crippen LogP contribution in [0, 0.1) is 0 Å². The molecule has 0 spiro atoms. The number of benzene rings is 1. The highest BCUT2D eigenvalue weighted by molar-refractivity contribution is 7.15. The van der Waals surface area contributed by atoms with E-state index >= 15 is 0 Å². The van der Waals surface area contributed by atoms with Gasteiger partial charge in [0.15, 0.2) is 5.82 Å². The second-order valence-corrected chi connectivity index (χ2v) is 6.47. The average Bonchev–Trinajstić information content (AvgIpc) is 3.16. The Morgan fingerprint density at radius 1 is 1.33 bits per heavy atom. The number of anilines is 1. The highest BCUT2D eigenvalue weighted by atomic mass is 32.1. The Morgan fingerprint density at radius 2 is 2.17 bits per heavy atom. The van der Waals surface area contributed by atoms with Crippen molar-refractivity contribution in [2.45, 2.75) is 18.8 Å². The third kappa shape index (κ3) is 2.78. The van der Waals surface area contributed by atoms with Gasteiger partial charge >= 0.3 is 0 Å². The van der Waals surface area contributed by atoms with Crippen LogP contribution < -0.4 is 10.1 Å². The number of aromatic nitrogens is 2. The number of thiophene rings is 1. The van der Waals surface area contributed by atoms with Gasteiger partial charge in [-0.1, -0.05) is 17.3 Å². The van der Waals surface area contributed by atoms with Gasteiger partial charge in [0.2, 0.25) is 0 Å². The molecule has 1 amide bonds. The first kappa shape index (κ1) is 14.9. The van der Waals surface area contributed by atoms with E-state index in [-0.39, 0.29) is 5.91 Å². The minimum atomic E-state index is -0.238. The number of ether oxygens (including phenoxy) is 1. The minimum absolute atomic E-state index is 0.238. The van der Waals surface area contributed by atoms with Gasteiger partial charge < -0.3 is 14.6 Å². The van der Waals surface area contributed by atoms with E-state index in [9.17, 15) is 4.79 Å². The van der Waals surface area contributed by atoms with Crippen molar-refractivity contribution >= 4 is 22.2 Å². The number of hydrogen-bond acceptors (Lipinski definition) is 6. The van der Waals surface area contributed by atoms with Gasteiger partial charge in [0.25, 0.3) is 11.8 Å². The van der Waals surface area contributed by atoms with E-state index in [1.807, 2.05) is 17.5 Å². The van der Waals surface area contributed by atoms with Crippen molar-refractivity contribution in [3.05, 3.63) is 47.1 Å². The second-order valence-electron chi connectivity index (χ2n) is 5.55. The van der Waals surface area contributed by atoms with E-state index in [0.717, 1.165) is 24.2 Å². The van der Waals surface area contributed by atoms with Crippen molar-refractivity contribution in [3.63, 3.8) is 0 Å². The van der Waals surface area contributed by atoms with Gasteiger partial charge in [-0.3, -0.25) is 4.79 Å². The van der Waals surface area contributed by atoms with Crippen LogP contribution in [0.25, 0.3) is 11.5 Å². The lowest BCUT2D eigenvalue weighted by Crippen LogP contribution is -2.12. The number of carbonyl (C=O) groups is 1. The molecule has 122 valence electrons. The Hall–Kier alpha value is -2.67. The molecule has 7 heteroatoms.